The Morgan fingerprint density at radius 3 is 3.07 bits per heavy atom. The van der Waals surface area contributed by atoms with Crippen molar-refractivity contribution in [1.82, 2.24) is 10.6 Å². The molecule has 0 aromatic carbocycles. The molecule has 2 N–H and O–H groups in total. The molecular weight excluding hydrogens is 180 g/mol. The summed E-state index contributed by atoms with van der Waals surface area (Å²) in [6.45, 7) is 6.11. The Bertz CT molecular complexity index is 179. The third kappa shape index (κ3) is 3.64. The lowest BCUT2D eigenvalue weighted by atomic mass is 10.1. The zero-order chi connectivity index (χ0) is 10.4. The van der Waals surface area contributed by atoms with Crippen LogP contribution in [0.25, 0.3) is 0 Å². The van der Waals surface area contributed by atoms with Gasteiger partial charge in [-0.1, -0.05) is 13.3 Å². The van der Waals surface area contributed by atoms with Gasteiger partial charge in [-0.25, -0.2) is 0 Å². The van der Waals surface area contributed by atoms with E-state index in [1.54, 1.807) is 0 Å². The minimum absolute atomic E-state index is 0.0608. The van der Waals surface area contributed by atoms with Crippen LogP contribution in [-0.4, -0.2) is 37.7 Å². The number of nitrogens with one attached hydrogen (secondary N) is 2. The van der Waals surface area contributed by atoms with Crippen molar-refractivity contribution in [3.8, 4) is 0 Å². The van der Waals surface area contributed by atoms with Crippen molar-refractivity contribution >= 4 is 5.91 Å². The molecule has 0 spiro atoms. The molecule has 1 aliphatic heterocycles. The van der Waals surface area contributed by atoms with Crippen LogP contribution in [-0.2, 0) is 9.53 Å². The second-order valence-corrected chi connectivity index (χ2v) is 3.78. The van der Waals surface area contributed by atoms with Gasteiger partial charge in [0, 0.05) is 12.6 Å². The molecule has 0 aromatic heterocycles. The van der Waals surface area contributed by atoms with Gasteiger partial charge < -0.3 is 15.4 Å². The molecule has 0 bridgehead atoms. The van der Waals surface area contributed by atoms with E-state index in [0.717, 1.165) is 19.4 Å². The summed E-state index contributed by atoms with van der Waals surface area (Å²) in [5, 5.41) is 6.10. The highest BCUT2D eigenvalue weighted by Gasteiger charge is 2.21. The summed E-state index contributed by atoms with van der Waals surface area (Å²) in [6, 6.07) is 0.0966. The van der Waals surface area contributed by atoms with Crippen molar-refractivity contribution in [3.63, 3.8) is 0 Å². The first kappa shape index (κ1) is 11.5. The normalized spacial score (nSPS) is 24.3. The van der Waals surface area contributed by atoms with Gasteiger partial charge >= 0.3 is 0 Å². The van der Waals surface area contributed by atoms with E-state index in [1.165, 1.54) is 0 Å². The maximum absolute atomic E-state index is 11.6. The van der Waals surface area contributed by atoms with E-state index in [1.807, 2.05) is 6.92 Å². The van der Waals surface area contributed by atoms with Gasteiger partial charge in [0.2, 0.25) is 5.91 Å². The largest absolute Gasteiger partial charge is 0.378 e. The maximum atomic E-state index is 11.6. The van der Waals surface area contributed by atoms with Crippen molar-refractivity contribution in [2.45, 2.75) is 38.8 Å². The summed E-state index contributed by atoms with van der Waals surface area (Å²) in [6.07, 6.45) is 2.12. The van der Waals surface area contributed by atoms with Gasteiger partial charge in [-0.3, -0.25) is 4.79 Å². The first-order valence-electron chi connectivity index (χ1n) is 5.35. The molecule has 2 atom stereocenters. The lowest BCUT2D eigenvalue weighted by Crippen LogP contribution is -2.52. The summed E-state index contributed by atoms with van der Waals surface area (Å²) in [5.74, 6) is 0.0608. The molecule has 0 radical (unpaired) electrons. The number of rotatable bonds is 4. The molecule has 82 valence electrons. The number of carbonyl (C=O) groups excluding carboxylic acids is 1. The Kier molecular flexibility index (Phi) is 4.90. The lowest BCUT2D eigenvalue weighted by molar-refractivity contribution is -0.126. The minimum atomic E-state index is -0.164. The minimum Gasteiger partial charge on any atom is -0.378 e. The molecule has 0 aliphatic carbocycles. The predicted octanol–water partition coefficient (Wildman–Crippen LogP) is 0.280. The summed E-state index contributed by atoms with van der Waals surface area (Å²) in [7, 11) is 0. The Labute approximate surface area is 85.4 Å². The number of hydrogen-bond acceptors (Lipinski definition) is 3. The van der Waals surface area contributed by atoms with Gasteiger partial charge in [0.15, 0.2) is 0 Å². The van der Waals surface area contributed by atoms with Gasteiger partial charge in [0.05, 0.1) is 13.2 Å². The Hall–Kier alpha value is -0.610. The number of hydrogen-bond donors (Lipinski definition) is 2. The lowest BCUT2D eigenvalue weighted by Gasteiger charge is -2.24. The van der Waals surface area contributed by atoms with Crippen LogP contribution in [0.5, 0.6) is 0 Å². The highest BCUT2D eigenvalue weighted by Crippen LogP contribution is 1.98. The monoisotopic (exact) mass is 200 g/mol. The molecule has 14 heavy (non-hydrogen) atoms. The molecule has 1 heterocycles. The number of amides is 1. The Balaban J connectivity index is 2.25. The average molecular weight is 200 g/mol. The van der Waals surface area contributed by atoms with Crippen LogP contribution in [0.1, 0.15) is 26.7 Å². The summed E-state index contributed by atoms with van der Waals surface area (Å²) < 4.78 is 5.22. The van der Waals surface area contributed by atoms with E-state index < -0.39 is 0 Å². The molecule has 1 amide bonds. The van der Waals surface area contributed by atoms with Crippen molar-refractivity contribution in [2.24, 2.45) is 0 Å². The second kappa shape index (κ2) is 5.98. The quantitative estimate of drug-likeness (QED) is 0.685. The summed E-state index contributed by atoms with van der Waals surface area (Å²) >= 11 is 0. The molecule has 0 saturated carbocycles. The fourth-order valence-electron chi connectivity index (χ4n) is 1.58. The molecule has 1 saturated heterocycles. The van der Waals surface area contributed by atoms with Gasteiger partial charge in [-0.15, -0.1) is 0 Å². The molecule has 0 aromatic rings. The van der Waals surface area contributed by atoms with E-state index in [9.17, 15) is 4.79 Å². The van der Waals surface area contributed by atoms with Crippen LogP contribution in [0.15, 0.2) is 0 Å². The van der Waals surface area contributed by atoms with Crippen LogP contribution in [0.2, 0.25) is 0 Å². The van der Waals surface area contributed by atoms with Crippen LogP contribution in [0, 0.1) is 0 Å². The summed E-state index contributed by atoms with van der Waals surface area (Å²) in [5.41, 5.74) is 0. The summed E-state index contributed by atoms with van der Waals surface area (Å²) in [4.78, 5) is 11.6. The average Bonchev–Trinajstić information content (AvgIpc) is 2.19. The molecule has 2 unspecified atom stereocenters. The van der Waals surface area contributed by atoms with Crippen molar-refractivity contribution in [2.75, 3.05) is 19.8 Å². The zero-order valence-electron chi connectivity index (χ0n) is 9.01. The fraction of sp³-hybridized carbons (Fsp3) is 0.900. The molecular formula is C10H20N2O2. The number of morpholine rings is 1. The van der Waals surface area contributed by atoms with E-state index in [4.69, 9.17) is 4.74 Å². The van der Waals surface area contributed by atoms with Gasteiger partial charge in [0.1, 0.15) is 6.04 Å². The molecule has 1 aliphatic rings. The van der Waals surface area contributed by atoms with E-state index in [0.29, 0.717) is 13.2 Å². The van der Waals surface area contributed by atoms with Crippen LogP contribution in [0.4, 0.5) is 0 Å². The van der Waals surface area contributed by atoms with Crippen LogP contribution < -0.4 is 10.6 Å². The standard InChI is InChI=1S/C10H20N2O2/c1-3-4-8(2)12-10(13)9-7-14-6-5-11-9/h8-9,11H,3-7H2,1-2H3,(H,12,13). The van der Waals surface area contributed by atoms with Crippen molar-refractivity contribution < 1.29 is 9.53 Å². The highest BCUT2D eigenvalue weighted by molar-refractivity contribution is 5.82. The van der Waals surface area contributed by atoms with Crippen molar-refractivity contribution in [3.05, 3.63) is 0 Å². The Morgan fingerprint density at radius 2 is 2.50 bits per heavy atom. The second-order valence-electron chi connectivity index (χ2n) is 3.78. The first-order chi connectivity index (χ1) is 6.74. The van der Waals surface area contributed by atoms with E-state index in [-0.39, 0.29) is 18.0 Å². The third-order valence-corrected chi connectivity index (χ3v) is 2.35. The Morgan fingerprint density at radius 1 is 1.71 bits per heavy atom. The first-order valence-corrected chi connectivity index (χ1v) is 5.35. The predicted molar refractivity (Wildman–Crippen MR) is 55.1 cm³/mol. The van der Waals surface area contributed by atoms with Crippen LogP contribution >= 0.6 is 0 Å². The molecule has 4 nitrogen and oxygen atoms in total. The van der Waals surface area contributed by atoms with Gasteiger partial charge in [-0.2, -0.15) is 0 Å². The van der Waals surface area contributed by atoms with E-state index in [2.05, 4.69) is 17.6 Å². The fourth-order valence-corrected chi connectivity index (χ4v) is 1.58. The SMILES string of the molecule is CCCC(C)NC(=O)C1COCCN1. The third-order valence-electron chi connectivity index (χ3n) is 2.35. The zero-order valence-corrected chi connectivity index (χ0v) is 9.01. The maximum Gasteiger partial charge on any atom is 0.239 e. The smallest absolute Gasteiger partial charge is 0.239 e. The highest BCUT2D eigenvalue weighted by atomic mass is 16.5. The van der Waals surface area contributed by atoms with Gasteiger partial charge in [-0.05, 0) is 13.3 Å². The number of carbonyl (C=O) groups is 1. The van der Waals surface area contributed by atoms with E-state index >= 15 is 0 Å². The van der Waals surface area contributed by atoms with Gasteiger partial charge in [0.25, 0.3) is 0 Å². The topological polar surface area (TPSA) is 50.4 Å². The molecule has 1 rings (SSSR count). The van der Waals surface area contributed by atoms with Crippen LogP contribution in [0.3, 0.4) is 0 Å². The van der Waals surface area contributed by atoms with Crippen molar-refractivity contribution in [1.29, 1.82) is 0 Å². The molecule has 1 fully saturated rings. The molecule has 4 heteroatoms. The number of ether oxygens (including phenoxy) is 1.